The Balaban J connectivity index is 2.26. The molecule has 0 saturated heterocycles. The highest BCUT2D eigenvalue weighted by Crippen LogP contribution is 2.19. The highest BCUT2D eigenvalue weighted by atomic mass is 16.3. The fourth-order valence-corrected chi connectivity index (χ4v) is 1.92. The summed E-state index contributed by atoms with van der Waals surface area (Å²) >= 11 is 0. The molecule has 5 heteroatoms. The van der Waals surface area contributed by atoms with Gasteiger partial charge in [-0.05, 0) is 12.0 Å². The molecule has 0 aromatic heterocycles. The Hall–Kier alpha value is -1.72. The van der Waals surface area contributed by atoms with Crippen molar-refractivity contribution >= 4 is 11.7 Å². The molecule has 1 unspecified atom stereocenters. The molecular formula is C17H25NO4. The molecular weight excluding hydrogens is 282 g/mol. The molecule has 1 rings (SSSR count). The van der Waals surface area contributed by atoms with Gasteiger partial charge < -0.3 is 15.5 Å². The number of ketones is 1. The molecule has 0 heterocycles. The average molecular weight is 307 g/mol. The molecule has 5 nitrogen and oxygen atoms in total. The van der Waals surface area contributed by atoms with Crippen LogP contribution in [0.25, 0.3) is 0 Å². The number of aryl methyl sites for hydroxylation is 1. The maximum absolute atomic E-state index is 11.8. The van der Waals surface area contributed by atoms with Gasteiger partial charge in [0.25, 0.3) is 0 Å². The third kappa shape index (κ3) is 5.95. The van der Waals surface area contributed by atoms with Crippen molar-refractivity contribution in [1.82, 2.24) is 5.32 Å². The number of Topliss-reactive ketones (excluding diaryl/α,β-unsaturated/α-hetero) is 1. The van der Waals surface area contributed by atoms with Gasteiger partial charge in [-0.15, -0.1) is 0 Å². The molecule has 0 aliphatic heterocycles. The summed E-state index contributed by atoms with van der Waals surface area (Å²) in [5.41, 5.74) is 0.210. The average Bonchev–Trinajstić information content (AvgIpc) is 2.53. The van der Waals surface area contributed by atoms with E-state index < -0.39 is 17.4 Å². The lowest BCUT2D eigenvalue weighted by molar-refractivity contribution is -0.137. The molecule has 0 spiro atoms. The highest BCUT2D eigenvalue weighted by molar-refractivity contribution is 5.83. The second kappa shape index (κ2) is 8.66. The van der Waals surface area contributed by atoms with Gasteiger partial charge >= 0.3 is 0 Å². The van der Waals surface area contributed by atoms with E-state index in [1.165, 1.54) is 0 Å². The van der Waals surface area contributed by atoms with Crippen molar-refractivity contribution < 1.29 is 19.8 Å². The van der Waals surface area contributed by atoms with Gasteiger partial charge in [-0.2, -0.15) is 0 Å². The summed E-state index contributed by atoms with van der Waals surface area (Å²) < 4.78 is 0. The van der Waals surface area contributed by atoms with E-state index in [0.29, 0.717) is 12.8 Å². The second-order valence-electron chi connectivity index (χ2n) is 6.11. The van der Waals surface area contributed by atoms with Crippen molar-refractivity contribution in [3.63, 3.8) is 0 Å². The van der Waals surface area contributed by atoms with E-state index in [9.17, 15) is 14.7 Å². The van der Waals surface area contributed by atoms with Crippen LogP contribution in [0.3, 0.4) is 0 Å². The van der Waals surface area contributed by atoms with Crippen molar-refractivity contribution in [3.05, 3.63) is 35.9 Å². The molecule has 0 aliphatic rings. The molecule has 0 bridgehead atoms. The highest BCUT2D eigenvalue weighted by Gasteiger charge is 2.32. The minimum atomic E-state index is -1.29. The monoisotopic (exact) mass is 307 g/mol. The van der Waals surface area contributed by atoms with Gasteiger partial charge in [0.1, 0.15) is 11.9 Å². The number of hydrogen-bond acceptors (Lipinski definition) is 4. The Bertz CT molecular complexity index is 485. The fourth-order valence-electron chi connectivity index (χ4n) is 1.92. The number of rotatable bonds is 9. The predicted molar refractivity (Wildman–Crippen MR) is 84.3 cm³/mol. The summed E-state index contributed by atoms with van der Waals surface area (Å²) in [5.74, 6) is -0.491. The summed E-state index contributed by atoms with van der Waals surface area (Å²) in [7, 11) is 0. The summed E-state index contributed by atoms with van der Waals surface area (Å²) in [4.78, 5) is 23.5. The van der Waals surface area contributed by atoms with Crippen LogP contribution in [0.1, 0.15) is 32.3 Å². The number of carbonyl (C=O) groups is 2. The molecule has 1 aromatic rings. The zero-order valence-corrected chi connectivity index (χ0v) is 13.2. The van der Waals surface area contributed by atoms with Crippen molar-refractivity contribution in [2.75, 3.05) is 13.2 Å². The van der Waals surface area contributed by atoms with Crippen LogP contribution in [0, 0.1) is 5.41 Å². The van der Waals surface area contributed by atoms with Gasteiger partial charge in [0.05, 0.1) is 6.61 Å². The van der Waals surface area contributed by atoms with E-state index in [1.54, 1.807) is 13.8 Å². The van der Waals surface area contributed by atoms with Crippen LogP contribution in [-0.4, -0.2) is 41.2 Å². The second-order valence-corrected chi connectivity index (χ2v) is 6.11. The predicted octanol–water partition coefficient (Wildman–Crippen LogP) is 1.07. The van der Waals surface area contributed by atoms with E-state index in [0.717, 1.165) is 5.56 Å². The molecule has 1 atom stereocenters. The fraction of sp³-hybridized carbons (Fsp3) is 0.529. The van der Waals surface area contributed by atoms with E-state index in [-0.39, 0.29) is 25.4 Å². The standard InChI is InChI=1S/C17H25NO4/c1-17(2,12-19)15(21)16(22)18-11-10-14(20)9-8-13-6-4-3-5-7-13/h3-7,15,19,21H,8-12H2,1-2H3,(H,18,22). The van der Waals surface area contributed by atoms with Crippen molar-refractivity contribution in [1.29, 1.82) is 0 Å². The molecule has 1 amide bonds. The largest absolute Gasteiger partial charge is 0.396 e. The Morgan fingerprint density at radius 1 is 1.18 bits per heavy atom. The number of hydrogen-bond donors (Lipinski definition) is 3. The first kappa shape index (κ1) is 18.3. The van der Waals surface area contributed by atoms with Gasteiger partial charge in [-0.3, -0.25) is 9.59 Å². The Labute approximate surface area is 131 Å². The van der Waals surface area contributed by atoms with Gasteiger partial charge in [-0.25, -0.2) is 0 Å². The molecule has 22 heavy (non-hydrogen) atoms. The Morgan fingerprint density at radius 3 is 2.41 bits per heavy atom. The van der Waals surface area contributed by atoms with Crippen molar-refractivity contribution in [3.8, 4) is 0 Å². The summed E-state index contributed by atoms with van der Waals surface area (Å²) in [6.45, 7) is 3.10. The SMILES string of the molecule is CC(C)(CO)C(O)C(=O)NCCC(=O)CCc1ccccc1. The third-order valence-corrected chi connectivity index (χ3v) is 3.63. The van der Waals surface area contributed by atoms with E-state index in [2.05, 4.69) is 5.32 Å². The summed E-state index contributed by atoms with van der Waals surface area (Å²) in [6, 6.07) is 9.75. The number of amides is 1. The van der Waals surface area contributed by atoms with Crippen LogP contribution >= 0.6 is 0 Å². The molecule has 0 aliphatic carbocycles. The van der Waals surface area contributed by atoms with Gasteiger partial charge in [0.2, 0.25) is 5.91 Å². The molecule has 0 fully saturated rings. The van der Waals surface area contributed by atoms with Gasteiger partial charge in [0.15, 0.2) is 0 Å². The number of aliphatic hydroxyl groups is 2. The van der Waals surface area contributed by atoms with Crippen LogP contribution in [0.15, 0.2) is 30.3 Å². The normalized spacial score (nSPS) is 12.7. The zero-order valence-electron chi connectivity index (χ0n) is 13.2. The van der Waals surface area contributed by atoms with E-state index in [1.807, 2.05) is 30.3 Å². The maximum Gasteiger partial charge on any atom is 0.249 e. The summed E-state index contributed by atoms with van der Waals surface area (Å²) in [5, 5.41) is 21.4. The van der Waals surface area contributed by atoms with Gasteiger partial charge in [-0.1, -0.05) is 44.2 Å². The lowest BCUT2D eigenvalue weighted by atomic mass is 9.87. The van der Waals surface area contributed by atoms with Crippen molar-refractivity contribution in [2.45, 2.75) is 39.2 Å². The van der Waals surface area contributed by atoms with Gasteiger partial charge in [0, 0.05) is 24.8 Å². The topological polar surface area (TPSA) is 86.6 Å². The Morgan fingerprint density at radius 2 is 1.82 bits per heavy atom. The zero-order chi connectivity index (χ0) is 16.6. The van der Waals surface area contributed by atoms with Crippen LogP contribution < -0.4 is 5.32 Å². The molecule has 0 radical (unpaired) electrons. The lowest BCUT2D eigenvalue weighted by Gasteiger charge is -2.27. The lowest BCUT2D eigenvalue weighted by Crippen LogP contribution is -2.46. The molecule has 1 aromatic carbocycles. The first-order chi connectivity index (χ1) is 10.4. The maximum atomic E-state index is 11.8. The van der Waals surface area contributed by atoms with Crippen LogP contribution in [-0.2, 0) is 16.0 Å². The summed E-state index contributed by atoms with van der Waals surface area (Å²) in [6.07, 6.45) is 0.0698. The van der Waals surface area contributed by atoms with Crippen molar-refractivity contribution in [2.24, 2.45) is 5.41 Å². The first-order valence-corrected chi connectivity index (χ1v) is 7.49. The molecule has 3 N–H and O–H groups in total. The van der Waals surface area contributed by atoms with Crippen LogP contribution in [0.5, 0.6) is 0 Å². The Kier molecular flexibility index (Phi) is 7.21. The molecule has 0 saturated carbocycles. The number of nitrogens with one attached hydrogen (secondary N) is 1. The molecule has 122 valence electrons. The minimum absolute atomic E-state index is 0.0695. The third-order valence-electron chi connectivity index (χ3n) is 3.63. The van der Waals surface area contributed by atoms with E-state index in [4.69, 9.17) is 5.11 Å². The first-order valence-electron chi connectivity index (χ1n) is 7.49. The van der Waals surface area contributed by atoms with Crippen LogP contribution in [0.4, 0.5) is 0 Å². The minimum Gasteiger partial charge on any atom is -0.396 e. The quantitative estimate of drug-likeness (QED) is 0.637. The number of benzene rings is 1. The van der Waals surface area contributed by atoms with Crippen LogP contribution in [0.2, 0.25) is 0 Å². The smallest absolute Gasteiger partial charge is 0.249 e. The number of carbonyl (C=O) groups excluding carboxylic acids is 2. The number of aliphatic hydroxyl groups excluding tert-OH is 2. The van der Waals surface area contributed by atoms with E-state index >= 15 is 0 Å².